The number of rotatable bonds is 4. The monoisotopic (exact) mass is 366 g/mol. The van der Waals surface area contributed by atoms with Crippen molar-refractivity contribution < 1.29 is 0 Å². The third kappa shape index (κ3) is 4.57. The van der Waals surface area contributed by atoms with Crippen LogP contribution in [-0.4, -0.2) is 54.5 Å². The minimum atomic E-state index is 0. The Bertz CT molecular complexity index is 278. The van der Waals surface area contributed by atoms with Crippen molar-refractivity contribution in [2.24, 2.45) is 10.7 Å². The Morgan fingerprint density at radius 1 is 1.33 bits per heavy atom. The van der Waals surface area contributed by atoms with Crippen molar-refractivity contribution in [3.05, 3.63) is 0 Å². The second-order valence-corrected chi connectivity index (χ2v) is 5.46. The summed E-state index contributed by atoms with van der Waals surface area (Å²) in [4.78, 5) is 9.16. The largest absolute Gasteiger partial charge is 0.370 e. The van der Waals surface area contributed by atoms with E-state index in [4.69, 9.17) is 5.73 Å². The molecule has 1 aliphatic heterocycles. The van der Waals surface area contributed by atoms with E-state index in [1.807, 2.05) is 0 Å². The van der Waals surface area contributed by atoms with E-state index in [0.29, 0.717) is 6.04 Å². The Labute approximate surface area is 128 Å². The van der Waals surface area contributed by atoms with E-state index in [9.17, 15) is 0 Å². The minimum absolute atomic E-state index is 0. The van der Waals surface area contributed by atoms with Gasteiger partial charge in [0.15, 0.2) is 5.96 Å². The smallest absolute Gasteiger partial charge is 0.191 e. The molecule has 0 aromatic heterocycles. The summed E-state index contributed by atoms with van der Waals surface area (Å²) in [6, 6.07) is 1.38. The summed E-state index contributed by atoms with van der Waals surface area (Å²) in [5.41, 5.74) is 5.97. The van der Waals surface area contributed by atoms with Crippen molar-refractivity contribution in [1.29, 1.82) is 0 Å². The number of likely N-dealkylation sites (tertiary alicyclic amines) is 1. The van der Waals surface area contributed by atoms with E-state index < -0.39 is 0 Å². The lowest BCUT2D eigenvalue weighted by atomic mass is 10.0. The minimum Gasteiger partial charge on any atom is -0.370 e. The van der Waals surface area contributed by atoms with Gasteiger partial charge in [-0.15, -0.1) is 24.0 Å². The van der Waals surface area contributed by atoms with Gasteiger partial charge >= 0.3 is 0 Å². The van der Waals surface area contributed by atoms with E-state index in [2.05, 4.69) is 28.8 Å². The molecule has 4 nitrogen and oxygen atoms in total. The van der Waals surface area contributed by atoms with Crippen LogP contribution in [0.4, 0.5) is 0 Å². The first-order valence-electron chi connectivity index (χ1n) is 6.95. The number of aliphatic imine (C=N–C) groups is 1. The molecule has 0 aromatic carbocycles. The molecule has 1 atom stereocenters. The van der Waals surface area contributed by atoms with Crippen LogP contribution in [0.5, 0.6) is 0 Å². The van der Waals surface area contributed by atoms with Crippen LogP contribution in [0.25, 0.3) is 0 Å². The summed E-state index contributed by atoms with van der Waals surface area (Å²) in [6.45, 7) is 5.45. The zero-order valence-corrected chi connectivity index (χ0v) is 14.0. The van der Waals surface area contributed by atoms with Gasteiger partial charge < -0.3 is 10.6 Å². The van der Waals surface area contributed by atoms with Gasteiger partial charge in [-0.1, -0.05) is 6.42 Å². The molecule has 2 aliphatic rings. The number of hydrogen-bond donors (Lipinski definition) is 1. The molecule has 0 spiro atoms. The van der Waals surface area contributed by atoms with Gasteiger partial charge in [0.1, 0.15) is 0 Å². The SMILES string of the molecule is CC1CCCCN1CCN=C(N)N(C)C1CC1.I. The molecule has 0 radical (unpaired) electrons. The molecule has 2 fully saturated rings. The molecule has 106 valence electrons. The van der Waals surface area contributed by atoms with E-state index in [-0.39, 0.29) is 24.0 Å². The van der Waals surface area contributed by atoms with Gasteiger partial charge in [-0.2, -0.15) is 0 Å². The molecular formula is C13H27IN4. The fourth-order valence-electron chi connectivity index (χ4n) is 2.54. The highest BCUT2D eigenvalue weighted by atomic mass is 127. The molecule has 1 heterocycles. The highest BCUT2D eigenvalue weighted by Crippen LogP contribution is 2.24. The molecule has 2 rings (SSSR count). The van der Waals surface area contributed by atoms with Crippen LogP contribution in [0.3, 0.4) is 0 Å². The van der Waals surface area contributed by atoms with E-state index in [1.54, 1.807) is 0 Å². The van der Waals surface area contributed by atoms with Crippen molar-refractivity contribution in [3.63, 3.8) is 0 Å². The first-order chi connectivity index (χ1) is 8.18. The van der Waals surface area contributed by atoms with E-state index in [1.165, 1.54) is 38.6 Å². The second kappa shape index (κ2) is 7.53. The maximum Gasteiger partial charge on any atom is 0.191 e. The van der Waals surface area contributed by atoms with Crippen molar-refractivity contribution in [2.75, 3.05) is 26.7 Å². The van der Waals surface area contributed by atoms with Crippen molar-refractivity contribution in [2.45, 2.75) is 51.1 Å². The van der Waals surface area contributed by atoms with E-state index in [0.717, 1.165) is 25.1 Å². The quantitative estimate of drug-likeness (QED) is 0.470. The number of hydrogen-bond acceptors (Lipinski definition) is 2. The Hall–Kier alpha value is -0.0400. The summed E-state index contributed by atoms with van der Waals surface area (Å²) in [7, 11) is 2.06. The number of guanidine groups is 1. The van der Waals surface area contributed by atoms with Crippen LogP contribution < -0.4 is 5.73 Å². The van der Waals surface area contributed by atoms with Gasteiger partial charge in [0.2, 0.25) is 0 Å². The fraction of sp³-hybridized carbons (Fsp3) is 0.923. The summed E-state index contributed by atoms with van der Waals surface area (Å²) in [5.74, 6) is 0.720. The van der Waals surface area contributed by atoms with Gasteiger partial charge in [0.05, 0.1) is 6.54 Å². The average Bonchev–Trinajstić information content (AvgIpc) is 3.14. The molecule has 1 saturated heterocycles. The molecule has 1 aliphatic carbocycles. The molecule has 2 N–H and O–H groups in total. The van der Waals surface area contributed by atoms with Crippen molar-refractivity contribution >= 4 is 29.9 Å². The first-order valence-corrected chi connectivity index (χ1v) is 6.95. The third-order valence-corrected chi connectivity index (χ3v) is 4.06. The molecule has 0 amide bonds. The van der Waals surface area contributed by atoms with Crippen LogP contribution >= 0.6 is 24.0 Å². The van der Waals surface area contributed by atoms with Gasteiger partial charge in [0.25, 0.3) is 0 Å². The number of halogens is 1. The molecule has 0 aromatic rings. The second-order valence-electron chi connectivity index (χ2n) is 5.46. The predicted molar refractivity (Wildman–Crippen MR) is 87.6 cm³/mol. The highest BCUT2D eigenvalue weighted by molar-refractivity contribution is 14.0. The van der Waals surface area contributed by atoms with Gasteiger partial charge in [0, 0.05) is 25.7 Å². The maximum absolute atomic E-state index is 5.97. The Kier molecular flexibility index (Phi) is 6.70. The zero-order valence-electron chi connectivity index (χ0n) is 11.6. The topological polar surface area (TPSA) is 44.9 Å². The van der Waals surface area contributed by atoms with Crippen LogP contribution in [-0.2, 0) is 0 Å². The summed E-state index contributed by atoms with van der Waals surface area (Å²) in [5, 5.41) is 0. The van der Waals surface area contributed by atoms with Gasteiger partial charge in [-0.25, -0.2) is 0 Å². The van der Waals surface area contributed by atoms with Crippen LogP contribution in [0.2, 0.25) is 0 Å². The number of piperidine rings is 1. The lowest BCUT2D eigenvalue weighted by molar-refractivity contribution is 0.165. The average molecular weight is 366 g/mol. The predicted octanol–water partition coefficient (Wildman–Crippen LogP) is 1.89. The van der Waals surface area contributed by atoms with Crippen LogP contribution in [0.1, 0.15) is 39.0 Å². The molecule has 5 heteroatoms. The van der Waals surface area contributed by atoms with Gasteiger partial charge in [-0.05, 0) is 39.2 Å². The molecule has 18 heavy (non-hydrogen) atoms. The maximum atomic E-state index is 5.97. The normalized spacial score (nSPS) is 25.7. The molecule has 1 unspecified atom stereocenters. The van der Waals surface area contributed by atoms with Crippen LogP contribution in [0.15, 0.2) is 4.99 Å². The van der Waals surface area contributed by atoms with Crippen molar-refractivity contribution in [3.8, 4) is 0 Å². The zero-order chi connectivity index (χ0) is 12.3. The van der Waals surface area contributed by atoms with Crippen molar-refractivity contribution in [1.82, 2.24) is 9.80 Å². The standard InChI is InChI=1S/C13H26N4.HI/c1-11-5-3-4-9-17(11)10-8-15-13(14)16(2)12-6-7-12;/h11-12H,3-10H2,1-2H3,(H2,14,15);1H. The van der Waals surface area contributed by atoms with Gasteiger partial charge in [-0.3, -0.25) is 9.89 Å². The Morgan fingerprint density at radius 2 is 2.06 bits per heavy atom. The molecule has 0 bridgehead atoms. The van der Waals surface area contributed by atoms with E-state index >= 15 is 0 Å². The summed E-state index contributed by atoms with van der Waals surface area (Å²) >= 11 is 0. The number of nitrogens with zero attached hydrogens (tertiary/aromatic N) is 3. The number of nitrogens with two attached hydrogens (primary N) is 1. The molecule has 1 saturated carbocycles. The Morgan fingerprint density at radius 3 is 2.67 bits per heavy atom. The summed E-state index contributed by atoms with van der Waals surface area (Å²) < 4.78 is 0. The molecular weight excluding hydrogens is 339 g/mol. The Balaban J connectivity index is 0.00000162. The summed E-state index contributed by atoms with van der Waals surface area (Å²) in [6.07, 6.45) is 6.60. The third-order valence-electron chi connectivity index (χ3n) is 4.06. The highest BCUT2D eigenvalue weighted by Gasteiger charge is 2.27. The van der Waals surface area contributed by atoms with Crippen LogP contribution in [0, 0.1) is 0 Å². The lowest BCUT2D eigenvalue weighted by Gasteiger charge is -2.32. The fourth-order valence-corrected chi connectivity index (χ4v) is 2.54. The first kappa shape index (κ1) is 16.0. The lowest BCUT2D eigenvalue weighted by Crippen LogP contribution is -2.40.